The van der Waals surface area contributed by atoms with Crippen LogP contribution in [0.15, 0.2) is 42.5 Å². The van der Waals surface area contributed by atoms with Crippen molar-refractivity contribution >= 4 is 5.69 Å². The fourth-order valence-electron chi connectivity index (χ4n) is 2.00. The zero-order chi connectivity index (χ0) is 13.1. The summed E-state index contributed by atoms with van der Waals surface area (Å²) < 4.78 is 24.0. The summed E-state index contributed by atoms with van der Waals surface area (Å²) in [6, 6.07) is 12.2. The number of halogens is 1. The number of rotatable bonds is 3. The Morgan fingerprint density at radius 1 is 1.00 bits per heavy atom. The first-order valence-corrected chi connectivity index (χ1v) is 6.19. The molecule has 0 radical (unpaired) electrons. The highest BCUT2D eigenvalue weighted by Crippen LogP contribution is 2.30. The molecule has 0 unspecified atom stereocenters. The Morgan fingerprint density at radius 3 is 2.68 bits per heavy atom. The molecule has 0 aromatic heterocycles. The fourth-order valence-corrected chi connectivity index (χ4v) is 2.00. The summed E-state index contributed by atoms with van der Waals surface area (Å²) in [5, 5.41) is 3.17. The van der Waals surface area contributed by atoms with Crippen molar-refractivity contribution < 1.29 is 13.9 Å². The van der Waals surface area contributed by atoms with Crippen LogP contribution in [-0.2, 0) is 6.54 Å². The van der Waals surface area contributed by atoms with E-state index in [9.17, 15) is 4.39 Å². The summed E-state index contributed by atoms with van der Waals surface area (Å²) in [4.78, 5) is 0. The highest BCUT2D eigenvalue weighted by Gasteiger charge is 2.11. The van der Waals surface area contributed by atoms with Gasteiger partial charge in [0.05, 0.1) is 0 Å². The van der Waals surface area contributed by atoms with E-state index in [1.165, 1.54) is 12.1 Å². The molecule has 1 N–H and O–H groups in total. The average molecular weight is 259 g/mol. The van der Waals surface area contributed by atoms with Crippen LogP contribution < -0.4 is 14.8 Å². The summed E-state index contributed by atoms with van der Waals surface area (Å²) in [6.45, 7) is 1.78. The molecule has 0 bridgehead atoms. The number of hydrogen-bond donors (Lipinski definition) is 1. The number of ether oxygens (including phenoxy) is 2. The number of nitrogens with one attached hydrogen (secondary N) is 1. The molecule has 1 aliphatic heterocycles. The molecule has 0 aliphatic carbocycles. The van der Waals surface area contributed by atoms with Crippen molar-refractivity contribution in [1.29, 1.82) is 0 Å². The Hall–Kier alpha value is -2.23. The zero-order valence-electron chi connectivity index (χ0n) is 10.4. The third kappa shape index (κ3) is 2.78. The first-order chi connectivity index (χ1) is 9.31. The van der Waals surface area contributed by atoms with Gasteiger partial charge in [-0.05, 0) is 35.9 Å². The van der Waals surface area contributed by atoms with E-state index in [4.69, 9.17) is 9.47 Å². The second-order valence-corrected chi connectivity index (χ2v) is 4.34. The van der Waals surface area contributed by atoms with Gasteiger partial charge in [-0.2, -0.15) is 0 Å². The van der Waals surface area contributed by atoms with Crippen molar-refractivity contribution in [2.75, 3.05) is 18.5 Å². The second kappa shape index (κ2) is 5.18. The van der Waals surface area contributed by atoms with Crippen molar-refractivity contribution in [3.05, 3.63) is 53.8 Å². The topological polar surface area (TPSA) is 30.5 Å². The number of anilines is 1. The lowest BCUT2D eigenvalue weighted by Crippen LogP contribution is -2.15. The average Bonchev–Trinajstić information content (AvgIpc) is 2.45. The van der Waals surface area contributed by atoms with Crippen LogP contribution in [0.25, 0.3) is 0 Å². The molecule has 0 saturated carbocycles. The lowest BCUT2D eigenvalue weighted by atomic mass is 10.2. The molecular weight excluding hydrogens is 245 g/mol. The Morgan fingerprint density at radius 2 is 1.84 bits per heavy atom. The largest absolute Gasteiger partial charge is 0.486 e. The number of benzene rings is 2. The molecule has 1 aliphatic rings. The molecule has 19 heavy (non-hydrogen) atoms. The Bertz CT molecular complexity index is 586. The first kappa shape index (κ1) is 11.8. The molecule has 0 saturated heterocycles. The van der Waals surface area contributed by atoms with Crippen molar-refractivity contribution in [1.82, 2.24) is 0 Å². The van der Waals surface area contributed by atoms with Gasteiger partial charge >= 0.3 is 0 Å². The van der Waals surface area contributed by atoms with Gasteiger partial charge in [0.25, 0.3) is 0 Å². The molecule has 2 aromatic rings. The molecule has 0 atom stereocenters. The van der Waals surface area contributed by atoms with E-state index in [2.05, 4.69) is 5.32 Å². The maximum atomic E-state index is 13.0. The van der Waals surface area contributed by atoms with E-state index in [0.717, 1.165) is 22.7 Å². The molecule has 1 heterocycles. The van der Waals surface area contributed by atoms with Crippen LogP contribution in [0.1, 0.15) is 5.56 Å². The predicted molar refractivity (Wildman–Crippen MR) is 71.2 cm³/mol. The highest BCUT2D eigenvalue weighted by atomic mass is 19.1. The fraction of sp³-hybridized carbons (Fsp3) is 0.200. The maximum Gasteiger partial charge on any atom is 0.161 e. The first-order valence-electron chi connectivity index (χ1n) is 6.19. The molecule has 3 rings (SSSR count). The van der Waals surface area contributed by atoms with Gasteiger partial charge in [0, 0.05) is 12.2 Å². The van der Waals surface area contributed by atoms with Gasteiger partial charge in [0.1, 0.15) is 19.0 Å². The van der Waals surface area contributed by atoms with E-state index in [0.29, 0.717) is 19.8 Å². The lowest BCUT2D eigenvalue weighted by molar-refractivity contribution is 0.171. The van der Waals surface area contributed by atoms with E-state index < -0.39 is 0 Å². The quantitative estimate of drug-likeness (QED) is 0.918. The van der Waals surface area contributed by atoms with Crippen molar-refractivity contribution in [3.8, 4) is 11.5 Å². The van der Waals surface area contributed by atoms with Gasteiger partial charge < -0.3 is 14.8 Å². The van der Waals surface area contributed by atoms with Crippen LogP contribution in [-0.4, -0.2) is 13.2 Å². The molecule has 0 fully saturated rings. The highest BCUT2D eigenvalue weighted by molar-refractivity contribution is 5.47. The van der Waals surface area contributed by atoms with Crippen LogP contribution in [0.5, 0.6) is 11.5 Å². The Labute approximate surface area is 111 Å². The van der Waals surface area contributed by atoms with E-state index in [-0.39, 0.29) is 5.82 Å². The number of hydrogen-bond acceptors (Lipinski definition) is 3. The smallest absolute Gasteiger partial charge is 0.161 e. The maximum absolute atomic E-state index is 13.0. The van der Waals surface area contributed by atoms with Crippen LogP contribution in [0.4, 0.5) is 10.1 Å². The van der Waals surface area contributed by atoms with Gasteiger partial charge in [-0.25, -0.2) is 4.39 Å². The van der Waals surface area contributed by atoms with Gasteiger partial charge in [0.2, 0.25) is 0 Å². The van der Waals surface area contributed by atoms with Crippen molar-refractivity contribution in [2.45, 2.75) is 6.54 Å². The van der Waals surface area contributed by atoms with Crippen molar-refractivity contribution in [2.24, 2.45) is 0 Å². The molecule has 3 nitrogen and oxygen atoms in total. The molecule has 2 aromatic carbocycles. The predicted octanol–water partition coefficient (Wildman–Crippen LogP) is 3.21. The van der Waals surface area contributed by atoms with Crippen LogP contribution in [0.3, 0.4) is 0 Å². The third-order valence-electron chi connectivity index (χ3n) is 2.93. The van der Waals surface area contributed by atoms with Crippen LogP contribution >= 0.6 is 0 Å². The summed E-state index contributed by atoms with van der Waals surface area (Å²) in [5.41, 5.74) is 1.82. The van der Waals surface area contributed by atoms with E-state index in [1.54, 1.807) is 6.07 Å². The molecule has 0 amide bonds. The summed E-state index contributed by atoms with van der Waals surface area (Å²) in [5.74, 6) is 1.30. The summed E-state index contributed by atoms with van der Waals surface area (Å²) in [7, 11) is 0. The minimum Gasteiger partial charge on any atom is -0.486 e. The molecule has 0 spiro atoms. The van der Waals surface area contributed by atoms with Crippen molar-refractivity contribution in [3.63, 3.8) is 0 Å². The monoisotopic (exact) mass is 259 g/mol. The summed E-state index contributed by atoms with van der Waals surface area (Å²) in [6.07, 6.45) is 0. The minimum absolute atomic E-state index is 0.243. The normalized spacial score (nSPS) is 13.1. The van der Waals surface area contributed by atoms with Gasteiger partial charge in [0.15, 0.2) is 11.5 Å². The zero-order valence-corrected chi connectivity index (χ0v) is 10.4. The van der Waals surface area contributed by atoms with E-state index in [1.807, 2.05) is 24.3 Å². The standard InChI is InChI=1S/C15H14FNO2/c16-12-2-1-3-13(9-12)17-10-11-4-5-14-15(8-11)19-7-6-18-14/h1-5,8-9,17H,6-7,10H2. The van der Waals surface area contributed by atoms with Crippen LogP contribution in [0, 0.1) is 5.82 Å². The Balaban J connectivity index is 1.70. The van der Waals surface area contributed by atoms with Crippen LogP contribution in [0.2, 0.25) is 0 Å². The third-order valence-corrected chi connectivity index (χ3v) is 2.93. The molecule has 98 valence electrons. The molecular formula is C15H14FNO2. The minimum atomic E-state index is -0.243. The van der Waals surface area contributed by atoms with Gasteiger partial charge in [-0.1, -0.05) is 12.1 Å². The van der Waals surface area contributed by atoms with E-state index >= 15 is 0 Å². The second-order valence-electron chi connectivity index (χ2n) is 4.34. The lowest BCUT2D eigenvalue weighted by Gasteiger charge is -2.19. The molecule has 4 heteroatoms. The SMILES string of the molecule is Fc1cccc(NCc2ccc3c(c2)OCCO3)c1. The van der Waals surface area contributed by atoms with Gasteiger partial charge in [-0.3, -0.25) is 0 Å². The number of fused-ring (bicyclic) bond motifs is 1. The summed E-state index contributed by atoms with van der Waals surface area (Å²) >= 11 is 0. The Kier molecular flexibility index (Phi) is 3.23. The van der Waals surface area contributed by atoms with Gasteiger partial charge in [-0.15, -0.1) is 0 Å².